The number of rotatable bonds is 4. The fraction of sp³-hybridized carbons (Fsp3) is 0.308. The van der Waals surface area contributed by atoms with Crippen LogP contribution < -0.4 is 5.32 Å². The molecule has 18 heavy (non-hydrogen) atoms. The van der Waals surface area contributed by atoms with Crippen LogP contribution in [-0.2, 0) is 13.5 Å². The molecule has 5 heteroatoms. The van der Waals surface area contributed by atoms with Gasteiger partial charge in [0.05, 0.1) is 6.20 Å². The average Bonchev–Trinajstić information content (AvgIpc) is 2.75. The zero-order chi connectivity index (χ0) is 13.1. The van der Waals surface area contributed by atoms with Crippen LogP contribution in [0.25, 0.3) is 0 Å². The van der Waals surface area contributed by atoms with E-state index in [1.165, 1.54) is 0 Å². The molecule has 1 heterocycles. The molecule has 0 fully saturated rings. The molecule has 0 amide bonds. The zero-order valence-corrected chi connectivity index (χ0v) is 11.8. The first-order chi connectivity index (χ1) is 8.60. The van der Waals surface area contributed by atoms with E-state index in [0.717, 1.165) is 22.6 Å². The molecule has 0 bridgehead atoms. The maximum Gasteiger partial charge on any atom is 0.0522 e. The van der Waals surface area contributed by atoms with Gasteiger partial charge in [0, 0.05) is 29.3 Å². The lowest BCUT2D eigenvalue weighted by atomic mass is 10.0. The first-order valence-electron chi connectivity index (χ1n) is 5.70. The van der Waals surface area contributed by atoms with Crippen molar-refractivity contribution < 1.29 is 0 Å². The SMILES string of the molecule is CNC(Cc1cnn(C)c1)c1cc(Cl)ccc1Cl. The van der Waals surface area contributed by atoms with Crippen LogP contribution in [-0.4, -0.2) is 16.8 Å². The summed E-state index contributed by atoms with van der Waals surface area (Å²) >= 11 is 12.2. The molecule has 0 aliphatic heterocycles. The van der Waals surface area contributed by atoms with Gasteiger partial charge in [-0.25, -0.2) is 0 Å². The van der Waals surface area contributed by atoms with Gasteiger partial charge >= 0.3 is 0 Å². The van der Waals surface area contributed by atoms with Gasteiger partial charge in [0.15, 0.2) is 0 Å². The normalized spacial score (nSPS) is 12.7. The fourth-order valence-electron chi connectivity index (χ4n) is 1.96. The minimum atomic E-state index is 0.125. The Kier molecular flexibility index (Phi) is 4.27. The van der Waals surface area contributed by atoms with E-state index < -0.39 is 0 Å². The monoisotopic (exact) mass is 283 g/mol. The number of nitrogens with zero attached hydrogens (tertiary/aromatic N) is 2. The van der Waals surface area contributed by atoms with Crippen molar-refractivity contribution in [2.75, 3.05) is 7.05 Å². The summed E-state index contributed by atoms with van der Waals surface area (Å²) in [5, 5.41) is 8.85. The van der Waals surface area contributed by atoms with Crippen molar-refractivity contribution in [1.29, 1.82) is 0 Å². The number of likely N-dealkylation sites (N-methyl/N-ethyl adjacent to an activating group) is 1. The van der Waals surface area contributed by atoms with Gasteiger partial charge < -0.3 is 5.32 Å². The first kappa shape index (κ1) is 13.4. The van der Waals surface area contributed by atoms with E-state index in [-0.39, 0.29) is 6.04 Å². The standard InChI is InChI=1S/C13H15Cl2N3/c1-16-13(5-9-7-17-18(2)8-9)11-6-10(14)3-4-12(11)15/h3-4,6-8,13,16H,5H2,1-2H3. The third kappa shape index (κ3) is 3.05. The summed E-state index contributed by atoms with van der Waals surface area (Å²) in [4.78, 5) is 0. The Hall–Kier alpha value is -1.03. The van der Waals surface area contributed by atoms with Crippen molar-refractivity contribution in [1.82, 2.24) is 15.1 Å². The molecule has 3 nitrogen and oxygen atoms in total. The van der Waals surface area contributed by atoms with Crippen molar-refractivity contribution in [3.8, 4) is 0 Å². The third-order valence-electron chi connectivity index (χ3n) is 2.88. The van der Waals surface area contributed by atoms with Gasteiger partial charge in [-0.2, -0.15) is 5.10 Å². The summed E-state index contributed by atoms with van der Waals surface area (Å²) in [6.07, 6.45) is 4.69. The average molecular weight is 284 g/mol. The van der Waals surface area contributed by atoms with Crippen molar-refractivity contribution >= 4 is 23.2 Å². The molecule has 0 saturated heterocycles. The molecule has 1 atom stereocenters. The molecule has 1 N–H and O–H groups in total. The largest absolute Gasteiger partial charge is 0.313 e. The summed E-state index contributed by atoms with van der Waals surface area (Å²) in [5.41, 5.74) is 2.17. The van der Waals surface area contributed by atoms with E-state index in [1.54, 1.807) is 10.7 Å². The highest BCUT2D eigenvalue weighted by Crippen LogP contribution is 2.28. The van der Waals surface area contributed by atoms with E-state index in [2.05, 4.69) is 10.4 Å². The van der Waals surface area contributed by atoms with Crippen LogP contribution in [0.4, 0.5) is 0 Å². The van der Waals surface area contributed by atoms with E-state index >= 15 is 0 Å². The van der Waals surface area contributed by atoms with Crippen molar-refractivity contribution in [2.45, 2.75) is 12.5 Å². The lowest BCUT2D eigenvalue weighted by molar-refractivity contribution is 0.592. The van der Waals surface area contributed by atoms with Crippen LogP contribution in [0.5, 0.6) is 0 Å². The van der Waals surface area contributed by atoms with Gasteiger partial charge in [0.1, 0.15) is 0 Å². The summed E-state index contributed by atoms with van der Waals surface area (Å²) in [6.45, 7) is 0. The second-order valence-electron chi connectivity index (χ2n) is 4.23. The minimum absolute atomic E-state index is 0.125. The Morgan fingerprint density at radius 2 is 2.17 bits per heavy atom. The molecule has 0 radical (unpaired) electrons. The van der Waals surface area contributed by atoms with Crippen molar-refractivity contribution in [3.05, 3.63) is 51.8 Å². The van der Waals surface area contributed by atoms with E-state index in [4.69, 9.17) is 23.2 Å². The van der Waals surface area contributed by atoms with Gasteiger partial charge in [0.2, 0.25) is 0 Å². The highest BCUT2D eigenvalue weighted by molar-refractivity contribution is 6.33. The van der Waals surface area contributed by atoms with Gasteiger partial charge in [-0.05, 0) is 42.8 Å². The van der Waals surface area contributed by atoms with Crippen LogP contribution in [0.3, 0.4) is 0 Å². The molecule has 96 valence electrons. The molecular weight excluding hydrogens is 269 g/mol. The fourth-order valence-corrected chi connectivity index (χ4v) is 2.39. The van der Waals surface area contributed by atoms with Crippen LogP contribution in [0.15, 0.2) is 30.6 Å². The summed E-state index contributed by atoms with van der Waals surface area (Å²) in [6, 6.07) is 5.65. The predicted octanol–water partition coefficient (Wildman–Crippen LogP) is 3.23. The maximum absolute atomic E-state index is 6.22. The smallest absolute Gasteiger partial charge is 0.0522 e. The molecule has 2 aromatic rings. The molecule has 1 aromatic heterocycles. The minimum Gasteiger partial charge on any atom is -0.313 e. The molecule has 1 unspecified atom stereocenters. The predicted molar refractivity (Wildman–Crippen MR) is 75.2 cm³/mol. The number of nitrogens with one attached hydrogen (secondary N) is 1. The molecule has 1 aromatic carbocycles. The molecule has 0 saturated carbocycles. The Morgan fingerprint density at radius 1 is 1.39 bits per heavy atom. The number of aromatic nitrogens is 2. The molecule has 0 spiro atoms. The topological polar surface area (TPSA) is 29.9 Å². The van der Waals surface area contributed by atoms with Crippen LogP contribution >= 0.6 is 23.2 Å². The van der Waals surface area contributed by atoms with Gasteiger partial charge in [-0.1, -0.05) is 23.2 Å². The van der Waals surface area contributed by atoms with Crippen molar-refractivity contribution in [2.24, 2.45) is 7.05 Å². The highest BCUT2D eigenvalue weighted by atomic mass is 35.5. The first-order valence-corrected chi connectivity index (χ1v) is 6.45. The van der Waals surface area contributed by atoms with Crippen LogP contribution in [0.2, 0.25) is 10.0 Å². The van der Waals surface area contributed by atoms with Gasteiger partial charge in [-0.15, -0.1) is 0 Å². The van der Waals surface area contributed by atoms with E-state index in [9.17, 15) is 0 Å². The molecular formula is C13H15Cl2N3. The van der Waals surface area contributed by atoms with E-state index in [1.807, 2.05) is 38.6 Å². The molecule has 0 aliphatic rings. The van der Waals surface area contributed by atoms with Crippen LogP contribution in [0, 0.1) is 0 Å². The third-order valence-corrected chi connectivity index (χ3v) is 3.46. The zero-order valence-electron chi connectivity index (χ0n) is 10.3. The van der Waals surface area contributed by atoms with Crippen LogP contribution in [0.1, 0.15) is 17.2 Å². The summed E-state index contributed by atoms with van der Waals surface area (Å²) in [5.74, 6) is 0. The second-order valence-corrected chi connectivity index (χ2v) is 5.08. The highest BCUT2D eigenvalue weighted by Gasteiger charge is 2.14. The number of hydrogen-bond donors (Lipinski definition) is 1. The van der Waals surface area contributed by atoms with Crippen molar-refractivity contribution in [3.63, 3.8) is 0 Å². The van der Waals surface area contributed by atoms with Gasteiger partial charge in [-0.3, -0.25) is 4.68 Å². The lowest BCUT2D eigenvalue weighted by Gasteiger charge is -2.17. The number of benzene rings is 1. The maximum atomic E-state index is 6.22. The summed E-state index contributed by atoms with van der Waals surface area (Å²) < 4.78 is 1.79. The number of halogens is 2. The molecule has 2 rings (SSSR count). The quantitative estimate of drug-likeness (QED) is 0.934. The Labute approximate surface area is 117 Å². The summed E-state index contributed by atoms with van der Waals surface area (Å²) in [7, 11) is 3.82. The Bertz CT molecular complexity index is 537. The lowest BCUT2D eigenvalue weighted by Crippen LogP contribution is -2.19. The number of aryl methyl sites for hydroxylation is 1. The van der Waals surface area contributed by atoms with Gasteiger partial charge in [0.25, 0.3) is 0 Å². The Morgan fingerprint density at radius 3 is 2.78 bits per heavy atom. The van der Waals surface area contributed by atoms with E-state index in [0.29, 0.717) is 5.02 Å². The Balaban J connectivity index is 2.25. The second kappa shape index (κ2) is 5.74. The molecule has 0 aliphatic carbocycles. The number of hydrogen-bond acceptors (Lipinski definition) is 2.